The minimum absolute atomic E-state index is 0.648. The van der Waals surface area contributed by atoms with E-state index in [1.54, 1.807) is 18.2 Å². The molecular weight excluding hydrogens is 114 g/mol. The maximum Gasteiger partial charge on any atom is 0.151 e. The van der Waals surface area contributed by atoms with Gasteiger partial charge in [-0.15, -0.1) is 0 Å². The first-order valence-electron chi connectivity index (χ1n) is 2.67. The van der Waals surface area contributed by atoms with E-state index in [1.807, 2.05) is 0 Å². The van der Waals surface area contributed by atoms with E-state index >= 15 is 0 Å². The van der Waals surface area contributed by atoms with Gasteiger partial charge in [0.2, 0.25) is 0 Å². The quantitative estimate of drug-likeness (QED) is 0.416. The largest absolute Gasteiger partial charge is 0.399 e. The van der Waals surface area contributed by atoms with Gasteiger partial charge in [-0.3, -0.25) is 0 Å². The van der Waals surface area contributed by atoms with Crippen LogP contribution in [-0.2, 0) is 0 Å². The molecule has 0 atom stereocenters. The van der Waals surface area contributed by atoms with Gasteiger partial charge in [0.05, 0.1) is 5.69 Å². The average Bonchev–Trinajstić information content (AvgIpc) is 1.80. The van der Waals surface area contributed by atoms with Crippen molar-refractivity contribution in [1.82, 2.24) is 0 Å². The predicted octanol–water partition coefficient (Wildman–Crippen LogP) is -0.276. The van der Waals surface area contributed by atoms with E-state index in [-0.39, 0.29) is 0 Å². The second-order valence-electron chi connectivity index (χ2n) is 1.96. The number of nitrogens with two attached hydrogens (primary N) is 2. The first-order valence-corrected chi connectivity index (χ1v) is 2.67. The molecule has 0 bridgehead atoms. The van der Waals surface area contributed by atoms with Crippen LogP contribution < -0.4 is 17.2 Å². The Balaban J connectivity index is 3.17. The Morgan fingerprint density at radius 2 is 1.89 bits per heavy atom. The van der Waals surface area contributed by atoms with Crippen molar-refractivity contribution in [3.8, 4) is 0 Å². The molecule has 3 heteroatoms. The molecule has 0 saturated heterocycles. The number of hydrogen-bond acceptors (Lipinski definition) is 2. The second-order valence-corrected chi connectivity index (χ2v) is 1.96. The molecule has 9 heavy (non-hydrogen) atoms. The lowest BCUT2D eigenvalue weighted by molar-refractivity contribution is -0.253. The molecule has 0 spiro atoms. The van der Waals surface area contributed by atoms with Gasteiger partial charge in [0.15, 0.2) is 5.69 Å². The molecule has 0 aromatic heterocycles. The fourth-order valence-corrected chi connectivity index (χ4v) is 0.613. The molecule has 0 aliphatic heterocycles. The normalized spacial score (nSPS) is 9.44. The molecule has 3 nitrogen and oxygen atoms in total. The highest BCUT2D eigenvalue weighted by Crippen LogP contribution is 2.14. The van der Waals surface area contributed by atoms with Crippen LogP contribution in [0.2, 0.25) is 0 Å². The highest BCUT2D eigenvalue weighted by Gasteiger charge is 1.94. The summed E-state index contributed by atoms with van der Waals surface area (Å²) in [5.74, 6) is 0. The summed E-state index contributed by atoms with van der Waals surface area (Å²) in [7, 11) is 0. The smallest absolute Gasteiger partial charge is 0.151 e. The van der Waals surface area contributed by atoms with Gasteiger partial charge in [-0.25, -0.2) is 0 Å². The maximum absolute atomic E-state index is 5.48. The van der Waals surface area contributed by atoms with Gasteiger partial charge in [-0.2, -0.15) is 0 Å². The van der Waals surface area contributed by atoms with Crippen LogP contribution in [0.25, 0.3) is 0 Å². The molecule has 1 rings (SSSR count). The predicted molar refractivity (Wildman–Crippen MR) is 37.8 cm³/mol. The van der Waals surface area contributed by atoms with Crippen LogP contribution in [0, 0.1) is 0 Å². The molecule has 0 fully saturated rings. The standard InChI is InChI=1S/C6H9N3/c7-4-1-2-5(8)6(9)3-4/h1-3H,7-9H2/p+1. The zero-order valence-electron chi connectivity index (χ0n) is 5.09. The summed E-state index contributed by atoms with van der Waals surface area (Å²) < 4.78 is 0. The molecule has 1 aromatic carbocycles. The lowest BCUT2D eigenvalue weighted by Crippen LogP contribution is -2.40. The zero-order valence-corrected chi connectivity index (χ0v) is 5.09. The van der Waals surface area contributed by atoms with Crippen LogP contribution in [0.15, 0.2) is 18.2 Å². The van der Waals surface area contributed by atoms with E-state index in [1.165, 1.54) is 0 Å². The van der Waals surface area contributed by atoms with Crippen molar-refractivity contribution >= 4 is 17.1 Å². The number of quaternary nitrogens is 1. The van der Waals surface area contributed by atoms with E-state index in [0.717, 1.165) is 5.69 Å². The molecule has 7 N–H and O–H groups in total. The van der Waals surface area contributed by atoms with Crippen molar-refractivity contribution in [2.24, 2.45) is 0 Å². The minimum Gasteiger partial charge on any atom is -0.399 e. The number of anilines is 2. The van der Waals surface area contributed by atoms with Crippen molar-refractivity contribution < 1.29 is 5.73 Å². The number of benzene rings is 1. The van der Waals surface area contributed by atoms with Gasteiger partial charge in [0.25, 0.3) is 0 Å². The van der Waals surface area contributed by atoms with Crippen molar-refractivity contribution in [2.75, 3.05) is 11.5 Å². The topological polar surface area (TPSA) is 79.7 Å². The van der Waals surface area contributed by atoms with Gasteiger partial charge in [-0.1, -0.05) is 0 Å². The maximum atomic E-state index is 5.48. The number of hydrogen-bond donors (Lipinski definition) is 3. The summed E-state index contributed by atoms with van der Waals surface area (Å²) in [5, 5.41) is 0. The van der Waals surface area contributed by atoms with Crippen LogP contribution in [0.5, 0.6) is 0 Å². The molecule has 48 valence electrons. The van der Waals surface area contributed by atoms with Crippen LogP contribution in [0.1, 0.15) is 0 Å². The Bertz CT molecular complexity index is 220. The summed E-state index contributed by atoms with van der Waals surface area (Å²) in [4.78, 5) is 0. The Morgan fingerprint density at radius 1 is 1.22 bits per heavy atom. The van der Waals surface area contributed by atoms with E-state index in [4.69, 9.17) is 11.5 Å². The molecule has 1 aromatic rings. The van der Waals surface area contributed by atoms with Gasteiger partial charge >= 0.3 is 0 Å². The fourth-order valence-electron chi connectivity index (χ4n) is 0.613. The third-order valence-corrected chi connectivity index (χ3v) is 1.17. The third-order valence-electron chi connectivity index (χ3n) is 1.17. The van der Waals surface area contributed by atoms with Crippen molar-refractivity contribution in [3.05, 3.63) is 18.2 Å². The van der Waals surface area contributed by atoms with Gasteiger partial charge in [0.1, 0.15) is 0 Å². The van der Waals surface area contributed by atoms with Crippen LogP contribution in [-0.4, -0.2) is 0 Å². The molecule has 0 heterocycles. The zero-order chi connectivity index (χ0) is 6.85. The summed E-state index contributed by atoms with van der Waals surface area (Å²) in [6.45, 7) is 0. The van der Waals surface area contributed by atoms with E-state index < -0.39 is 0 Å². The van der Waals surface area contributed by atoms with E-state index in [2.05, 4.69) is 5.73 Å². The van der Waals surface area contributed by atoms with Crippen LogP contribution in [0.3, 0.4) is 0 Å². The molecule has 0 unspecified atom stereocenters. The summed E-state index contributed by atoms with van der Waals surface area (Å²) in [5.41, 5.74) is 16.7. The Morgan fingerprint density at radius 3 is 2.33 bits per heavy atom. The van der Waals surface area contributed by atoms with Crippen LogP contribution >= 0.6 is 0 Å². The molecule has 0 aliphatic carbocycles. The Labute approximate surface area is 53.5 Å². The van der Waals surface area contributed by atoms with Gasteiger partial charge < -0.3 is 17.2 Å². The first-order chi connectivity index (χ1) is 4.20. The van der Waals surface area contributed by atoms with Crippen molar-refractivity contribution in [2.45, 2.75) is 0 Å². The second kappa shape index (κ2) is 1.95. The number of nitrogen functional groups attached to an aromatic ring is 2. The fraction of sp³-hybridized carbons (Fsp3) is 0. The van der Waals surface area contributed by atoms with E-state index in [0.29, 0.717) is 11.4 Å². The molecular formula is C6H10N3+. The van der Waals surface area contributed by atoms with Crippen molar-refractivity contribution in [1.29, 1.82) is 0 Å². The minimum atomic E-state index is 0.648. The SMILES string of the molecule is Nc1ccc([NH3+])c(N)c1. The highest BCUT2D eigenvalue weighted by atomic mass is 14.7. The lowest BCUT2D eigenvalue weighted by Gasteiger charge is -1.95. The van der Waals surface area contributed by atoms with Gasteiger partial charge in [0, 0.05) is 11.8 Å². The molecule has 0 aliphatic rings. The molecule has 0 saturated carbocycles. The van der Waals surface area contributed by atoms with E-state index in [9.17, 15) is 0 Å². The Hall–Kier alpha value is -1.22. The number of rotatable bonds is 0. The third kappa shape index (κ3) is 1.12. The molecule has 0 amide bonds. The van der Waals surface area contributed by atoms with Crippen LogP contribution in [0.4, 0.5) is 17.1 Å². The average molecular weight is 124 g/mol. The lowest BCUT2D eigenvalue weighted by atomic mass is 10.2. The molecule has 0 radical (unpaired) electrons. The monoisotopic (exact) mass is 124 g/mol. The highest BCUT2D eigenvalue weighted by molar-refractivity contribution is 5.63. The Kier molecular flexibility index (Phi) is 1.28. The van der Waals surface area contributed by atoms with Crippen molar-refractivity contribution in [3.63, 3.8) is 0 Å². The first kappa shape index (κ1) is 5.91. The summed E-state index contributed by atoms with van der Waals surface area (Å²) in [6.07, 6.45) is 0. The van der Waals surface area contributed by atoms with Gasteiger partial charge in [-0.05, 0) is 12.1 Å². The summed E-state index contributed by atoms with van der Waals surface area (Å²) in [6, 6.07) is 5.27. The summed E-state index contributed by atoms with van der Waals surface area (Å²) >= 11 is 0.